The number of hydrogen-bond donors (Lipinski definition) is 1. The molecular formula is C14H15ClOS. The van der Waals surface area contributed by atoms with Crippen LogP contribution >= 0.6 is 22.9 Å². The molecule has 0 aliphatic carbocycles. The van der Waals surface area contributed by atoms with E-state index in [0.717, 1.165) is 21.6 Å². The molecule has 0 fully saturated rings. The van der Waals surface area contributed by atoms with Gasteiger partial charge in [0, 0.05) is 0 Å². The van der Waals surface area contributed by atoms with Crippen LogP contribution in [-0.2, 0) is 5.60 Å². The molecule has 1 aromatic carbocycles. The second kappa shape index (κ2) is 4.45. The van der Waals surface area contributed by atoms with Crippen molar-refractivity contribution in [2.24, 2.45) is 0 Å². The molecule has 2 aromatic rings. The minimum Gasteiger partial charge on any atom is -0.380 e. The molecule has 0 bridgehead atoms. The zero-order valence-corrected chi connectivity index (χ0v) is 11.7. The van der Waals surface area contributed by atoms with Crippen molar-refractivity contribution >= 4 is 22.9 Å². The molecule has 1 aromatic heterocycles. The van der Waals surface area contributed by atoms with Crippen LogP contribution < -0.4 is 0 Å². The quantitative estimate of drug-likeness (QED) is 0.860. The van der Waals surface area contributed by atoms with Gasteiger partial charge in [-0.1, -0.05) is 35.4 Å². The minimum absolute atomic E-state index is 0.626. The molecule has 2 rings (SSSR count). The first kappa shape index (κ1) is 12.6. The van der Waals surface area contributed by atoms with E-state index in [1.807, 2.05) is 43.5 Å². The van der Waals surface area contributed by atoms with E-state index >= 15 is 0 Å². The Morgan fingerprint density at radius 2 is 1.94 bits per heavy atom. The van der Waals surface area contributed by atoms with E-state index in [1.165, 1.54) is 11.3 Å². The van der Waals surface area contributed by atoms with Crippen molar-refractivity contribution in [1.29, 1.82) is 0 Å². The van der Waals surface area contributed by atoms with Crippen LogP contribution in [-0.4, -0.2) is 5.11 Å². The highest BCUT2D eigenvalue weighted by Gasteiger charge is 2.30. The number of thiophene rings is 1. The SMILES string of the molecule is Cc1ccc(C)c(C(C)(O)c2sccc2Cl)c1. The zero-order valence-electron chi connectivity index (χ0n) is 10.1. The lowest BCUT2D eigenvalue weighted by Gasteiger charge is -2.25. The summed E-state index contributed by atoms with van der Waals surface area (Å²) in [7, 11) is 0. The summed E-state index contributed by atoms with van der Waals surface area (Å²) < 4.78 is 0. The highest BCUT2D eigenvalue weighted by Crippen LogP contribution is 2.39. The first-order chi connectivity index (χ1) is 7.93. The van der Waals surface area contributed by atoms with Gasteiger partial charge in [0.05, 0.1) is 9.90 Å². The fourth-order valence-corrected chi connectivity index (χ4v) is 3.34. The first-order valence-corrected chi connectivity index (χ1v) is 6.72. The van der Waals surface area contributed by atoms with Crippen LogP contribution in [0.25, 0.3) is 0 Å². The second-order valence-corrected chi connectivity index (χ2v) is 5.81. The standard InChI is InChI=1S/C14H15ClOS/c1-9-4-5-10(2)11(8-9)14(3,16)13-12(15)6-7-17-13/h4-8,16H,1-3H3. The van der Waals surface area contributed by atoms with Crippen molar-refractivity contribution < 1.29 is 5.11 Å². The molecule has 0 amide bonds. The van der Waals surface area contributed by atoms with Crippen molar-refractivity contribution in [1.82, 2.24) is 0 Å². The number of benzene rings is 1. The van der Waals surface area contributed by atoms with E-state index in [4.69, 9.17) is 11.6 Å². The van der Waals surface area contributed by atoms with Crippen molar-refractivity contribution in [3.05, 3.63) is 56.2 Å². The number of aryl methyl sites for hydroxylation is 2. The van der Waals surface area contributed by atoms with Gasteiger partial charge < -0.3 is 5.11 Å². The minimum atomic E-state index is -1.03. The van der Waals surface area contributed by atoms with Gasteiger partial charge in [-0.05, 0) is 43.3 Å². The lowest BCUT2D eigenvalue weighted by molar-refractivity contribution is 0.106. The van der Waals surface area contributed by atoms with Gasteiger partial charge in [-0.3, -0.25) is 0 Å². The highest BCUT2D eigenvalue weighted by atomic mass is 35.5. The van der Waals surface area contributed by atoms with Gasteiger partial charge in [0.25, 0.3) is 0 Å². The molecule has 90 valence electrons. The second-order valence-electron chi connectivity index (χ2n) is 4.49. The van der Waals surface area contributed by atoms with Gasteiger partial charge in [0.1, 0.15) is 5.60 Å². The maximum absolute atomic E-state index is 10.8. The molecule has 1 atom stereocenters. The molecule has 0 spiro atoms. The van der Waals surface area contributed by atoms with Crippen LogP contribution in [0.2, 0.25) is 5.02 Å². The molecule has 3 heteroatoms. The molecule has 1 N–H and O–H groups in total. The average Bonchev–Trinajstić information content (AvgIpc) is 2.68. The Bertz CT molecular complexity index is 543. The third-order valence-corrected chi connectivity index (χ3v) is 4.53. The number of halogens is 1. The van der Waals surface area contributed by atoms with E-state index in [0.29, 0.717) is 5.02 Å². The molecule has 0 radical (unpaired) electrons. The van der Waals surface area contributed by atoms with E-state index in [9.17, 15) is 5.11 Å². The molecule has 1 nitrogen and oxygen atoms in total. The highest BCUT2D eigenvalue weighted by molar-refractivity contribution is 7.10. The zero-order chi connectivity index (χ0) is 12.6. The summed E-state index contributed by atoms with van der Waals surface area (Å²) in [5.74, 6) is 0. The summed E-state index contributed by atoms with van der Waals surface area (Å²) in [5, 5.41) is 13.3. The third-order valence-electron chi connectivity index (χ3n) is 2.98. The Morgan fingerprint density at radius 3 is 2.53 bits per heavy atom. The fourth-order valence-electron chi connectivity index (χ4n) is 2.02. The van der Waals surface area contributed by atoms with Gasteiger partial charge in [-0.15, -0.1) is 11.3 Å². The first-order valence-electron chi connectivity index (χ1n) is 5.46. The van der Waals surface area contributed by atoms with E-state index < -0.39 is 5.60 Å². The summed E-state index contributed by atoms with van der Waals surface area (Å²) in [6, 6.07) is 7.91. The maximum atomic E-state index is 10.8. The normalized spacial score (nSPS) is 14.6. The van der Waals surface area contributed by atoms with Crippen molar-refractivity contribution in [2.45, 2.75) is 26.4 Å². The monoisotopic (exact) mass is 266 g/mol. The summed E-state index contributed by atoms with van der Waals surface area (Å²) in [4.78, 5) is 0.799. The van der Waals surface area contributed by atoms with E-state index in [1.54, 1.807) is 6.92 Å². The Labute approximate surface area is 111 Å². The number of hydrogen-bond acceptors (Lipinski definition) is 2. The Kier molecular flexibility index (Phi) is 3.30. The largest absolute Gasteiger partial charge is 0.380 e. The fraction of sp³-hybridized carbons (Fsp3) is 0.286. The van der Waals surface area contributed by atoms with Crippen molar-refractivity contribution in [2.75, 3.05) is 0 Å². The van der Waals surface area contributed by atoms with Crippen LogP contribution in [0.1, 0.15) is 28.5 Å². The molecule has 0 saturated heterocycles. The van der Waals surface area contributed by atoms with Crippen LogP contribution in [0, 0.1) is 13.8 Å². The number of aliphatic hydroxyl groups is 1. The summed E-state index contributed by atoms with van der Waals surface area (Å²) in [6.45, 7) is 5.83. The molecule has 1 unspecified atom stereocenters. The van der Waals surface area contributed by atoms with Crippen LogP contribution in [0.4, 0.5) is 0 Å². The maximum Gasteiger partial charge on any atom is 0.123 e. The summed E-state index contributed by atoms with van der Waals surface area (Å²) in [6.07, 6.45) is 0. The average molecular weight is 267 g/mol. The molecule has 1 heterocycles. The van der Waals surface area contributed by atoms with Crippen LogP contribution in [0.15, 0.2) is 29.6 Å². The van der Waals surface area contributed by atoms with Crippen LogP contribution in [0.5, 0.6) is 0 Å². The Balaban J connectivity index is 2.59. The smallest absolute Gasteiger partial charge is 0.123 e. The van der Waals surface area contributed by atoms with E-state index in [2.05, 4.69) is 0 Å². The summed E-state index contributed by atoms with van der Waals surface area (Å²) >= 11 is 7.60. The van der Waals surface area contributed by atoms with Gasteiger partial charge >= 0.3 is 0 Å². The van der Waals surface area contributed by atoms with Crippen molar-refractivity contribution in [3.63, 3.8) is 0 Å². The molecule has 0 aliphatic heterocycles. The molecular weight excluding hydrogens is 252 g/mol. The molecule has 17 heavy (non-hydrogen) atoms. The third kappa shape index (κ3) is 2.25. The predicted molar refractivity (Wildman–Crippen MR) is 73.9 cm³/mol. The molecule has 0 saturated carbocycles. The van der Waals surface area contributed by atoms with Crippen LogP contribution in [0.3, 0.4) is 0 Å². The predicted octanol–water partition coefficient (Wildman–Crippen LogP) is 4.27. The molecule has 0 aliphatic rings. The Hall–Kier alpha value is -0.830. The van der Waals surface area contributed by atoms with Gasteiger partial charge in [0.15, 0.2) is 0 Å². The Morgan fingerprint density at radius 1 is 1.24 bits per heavy atom. The lowest BCUT2D eigenvalue weighted by atomic mass is 9.89. The van der Waals surface area contributed by atoms with E-state index in [-0.39, 0.29) is 0 Å². The van der Waals surface area contributed by atoms with Gasteiger partial charge in [0.2, 0.25) is 0 Å². The topological polar surface area (TPSA) is 20.2 Å². The number of rotatable bonds is 2. The van der Waals surface area contributed by atoms with Gasteiger partial charge in [-0.25, -0.2) is 0 Å². The summed E-state index contributed by atoms with van der Waals surface area (Å²) in [5.41, 5.74) is 2.10. The van der Waals surface area contributed by atoms with Crippen molar-refractivity contribution in [3.8, 4) is 0 Å². The lowest BCUT2D eigenvalue weighted by Crippen LogP contribution is -2.23. The van der Waals surface area contributed by atoms with Gasteiger partial charge in [-0.2, -0.15) is 0 Å².